The van der Waals surface area contributed by atoms with Crippen molar-refractivity contribution in [3.05, 3.63) is 72.1 Å². The summed E-state index contributed by atoms with van der Waals surface area (Å²) >= 11 is 0. The van der Waals surface area contributed by atoms with Crippen LogP contribution in [0.15, 0.2) is 60.9 Å². The summed E-state index contributed by atoms with van der Waals surface area (Å²) in [7, 11) is 0. The highest BCUT2D eigenvalue weighted by Crippen LogP contribution is 2.19. The van der Waals surface area contributed by atoms with E-state index in [4.69, 9.17) is 5.26 Å². The topological polar surface area (TPSA) is 91.6 Å². The Hall–Kier alpha value is -3.59. The molecule has 1 N–H and O–H groups in total. The number of amides is 1. The number of pyridine rings is 1. The summed E-state index contributed by atoms with van der Waals surface area (Å²) in [6.45, 7) is 1.80. The number of anilines is 1. The molecule has 2 heterocycles. The number of benzene rings is 1. The van der Waals surface area contributed by atoms with Crippen LogP contribution in [0.25, 0.3) is 11.5 Å². The van der Waals surface area contributed by atoms with Crippen LogP contribution >= 0.6 is 0 Å². The molecule has 0 spiro atoms. The maximum atomic E-state index is 12.5. The van der Waals surface area contributed by atoms with Crippen LogP contribution in [0.4, 0.5) is 5.82 Å². The van der Waals surface area contributed by atoms with Crippen molar-refractivity contribution in [3.63, 3.8) is 0 Å². The SMILES string of the molecule is C[C@@H](C(=O)Nc1ccnc(-c2ccccn2)n1)c1ccc(C#N)cc1. The van der Waals surface area contributed by atoms with E-state index in [-0.39, 0.29) is 11.8 Å². The molecule has 0 fully saturated rings. The van der Waals surface area contributed by atoms with Crippen LogP contribution in [0.1, 0.15) is 24.0 Å². The fraction of sp³-hybridized carbons (Fsp3) is 0.105. The summed E-state index contributed by atoms with van der Waals surface area (Å²) in [4.78, 5) is 25.2. The molecule has 25 heavy (non-hydrogen) atoms. The first kappa shape index (κ1) is 16.3. The molecule has 2 aromatic heterocycles. The van der Waals surface area contributed by atoms with Gasteiger partial charge in [0, 0.05) is 12.4 Å². The van der Waals surface area contributed by atoms with Gasteiger partial charge in [0.2, 0.25) is 5.91 Å². The molecule has 0 unspecified atom stereocenters. The van der Waals surface area contributed by atoms with Crippen molar-refractivity contribution >= 4 is 11.7 Å². The van der Waals surface area contributed by atoms with E-state index in [2.05, 4.69) is 26.3 Å². The van der Waals surface area contributed by atoms with Gasteiger partial charge in [0.1, 0.15) is 11.5 Å². The molecule has 122 valence electrons. The van der Waals surface area contributed by atoms with Crippen LogP contribution in [0, 0.1) is 11.3 Å². The molecule has 0 aliphatic rings. The Labute approximate surface area is 145 Å². The molecule has 1 aromatic carbocycles. The van der Waals surface area contributed by atoms with E-state index < -0.39 is 0 Å². The number of carbonyl (C=O) groups is 1. The molecule has 1 amide bonds. The number of nitrogens with zero attached hydrogens (tertiary/aromatic N) is 4. The number of carbonyl (C=O) groups excluding carboxylic acids is 1. The van der Waals surface area contributed by atoms with Crippen molar-refractivity contribution in [2.75, 3.05) is 5.32 Å². The lowest BCUT2D eigenvalue weighted by molar-refractivity contribution is -0.117. The quantitative estimate of drug-likeness (QED) is 0.794. The summed E-state index contributed by atoms with van der Waals surface area (Å²) in [6.07, 6.45) is 3.25. The summed E-state index contributed by atoms with van der Waals surface area (Å²) in [5, 5.41) is 11.6. The molecule has 6 nitrogen and oxygen atoms in total. The zero-order valence-electron chi connectivity index (χ0n) is 13.5. The Bertz CT molecular complexity index is 917. The van der Waals surface area contributed by atoms with Gasteiger partial charge in [-0.2, -0.15) is 5.26 Å². The average molecular weight is 329 g/mol. The fourth-order valence-corrected chi connectivity index (χ4v) is 2.28. The molecule has 3 rings (SSSR count). The zero-order valence-corrected chi connectivity index (χ0v) is 13.5. The highest BCUT2D eigenvalue weighted by molar-refractivity contribution is 5.94. The first-order valence-corrected chi connectivity index (χ1v) is 7.73. The number of hydrogen-bond acceptors (Lipinski definition) is 5. The van der Waals surface area contributed by atoms with Gasteiger partial charge in [0.05, 0.1) is 17.6 Å². The molecule has 0 saturated carbocycles. The first-order chi connectivity index (χ1) is 12.2. The third kappa shape index (κ3) is 3.85. The van der Waals surface area contributed by atoms with Gasteiger partial charge < -0.3 is 5.32 Å². The fourth-order valence-electron chi connectivity index (χ4n) is 2.28. The third-order valence-electron chi connectivity index (χ3n) is 3.73. The van der Waals surface area contributed by atoms with Crippen LogP contribution in [-0.4, -0.2) is 20.9 Å². The van der Waals surface area contributed by atoms with Crippen LogP contribution in [0.3, 0.4) is 0 Å². The second kappa shape index (κ2) is 7.32. The first-order valence-electron chi connectivity index (χ1n) is 7.73. The molecule has 0 aliphatic carbocycles. The number of aromatic nitrogens is 3. The second-order valence-electron chi connectivity index (χ2n) is 5.43. The van der Waals surface area contributed by atoms with Gasteiger partial charge in [-0.1, -0.05) is 18.2 Å². The molecule has 0 bridgehead atoms. The minimum Gasteiger partial charge on any atom is -0.310 e. The van der Waals surface area contributed by atoms with E-state index in [1.54, 1.807) is 55.7 Å². The molecule has 0 aliphatic heterocycles. The van der Waals surface area contributed by atoms with Crippen LogP contribution in [-0.2, 0) is 4.79 Å². The summed E-state index contributed by atoms with van der Waals surface area (Å²) < 4.78 is 0. The number of rotatable bonds is 4. The van der Waals surface area contributed by atoms with Crippen molar-refractivity contribution in [2.24, 2.45) is 0 Å². The second-order valence-corrected chi connectivity index (χ2v) is 5.43. The predicted molar refractivity (Wildman–Crippen MR) is 93.5 cm³/mol. The van der Waals surface area contributed by atoms with Gasteiger partial charge in [0.15, 0.2) is 5.82 Å². The lowest BCUT2D eigenvalue weighted by atomic mass is 9.99. The maximum Gasteiger partial charge on any atom is 0.232 e. The minimum absolute atomic E-state index is 0.185. The van der Waals surface area contributed by atoms with Gasteiger partial charge in [-0.3, -0.25) is 9.78 Å². The Balaban J connectivity index is 1.75. The number of nitriles is 1. The Kier molecular flexibility index (Phi) is 4.77. The van der Waals surface area contributed by atoms with Crippen molar-refractivity contribution < 1.29 is 4.79 Å². The van der Waals surface area contributed by atoms with Crippen molar-refractivity contribution in [1.29, 1.82) is 5.26 Å². The number of hydrogen-bond donors (Lipinski definition) is 1. The Morgan fingerprint density at radius 2 is 1.88 bits per heavy atom. The van der Waals surface area contributed by atoms with Crippen LogP contribution in [0.5, 0.6) is 0 Å². The molecular formula is C19H15N5O. The predicted octanol–water partition coefficient (Wildman–Crippen LogP) is 3.15. The van der Waals surface area contributed by atoms with Gasteiger partial charge in [-0.05, 0) is 42.8 Å². The highest BCUT2D eigenvalue weighted by atomic mass is 16.1. The largest absolute Gasteiger partial charge is 0.310 e. The monoisotopic (exact) mass is 329 g/mol. The third-order valence-corrected chi connectivity index (χ3v) is 3.73. The minimum atomic E-state index is -0.374. The summed E-state index contributed by atoms with van der Waals surface area (Å²) in [5.41, 5.74) is 2.03. The van der Waals surface area contributed by atoms with Crippen molar-refractivity contribution in [3.8, 4) is 17.6 Å². The van der Waals surface area contributed by atoms with Gasteiger partial charge in [0.25, 0.3) is 0 Å². The van der Waals surface area contributed by atoms with E-state index in [0.717, 1.165) is 5.56 Å². The summed E-state index contributed by atoms with van der Waals surface area (Å²) in [5.74, 6) is 0.307. The van der Waals surface area contributed by atoms with E-state index in [1.165, 1.54) is 0 Å². The zero-order chi connectivity index (χ0) is 17.6. The molecular weight excluding hydrogens is 314 g/mol. The molecule has 0 saturated heterocycles. The Morgan fingerprint density at radius 1 is 1.08 bits per heavy atom. The van der Waals surface area contributed by atoms with Gasteiger partial charge in [-0.15, -0.1) is 0 Å². The number of nitrogens with one attached hydrogen (secondary N) is 1. The maximum absolute atomic E-state index is 12.5. The van der Waals surface area contributed by atoms with Crippen molar-refractivity contribution in [2.45, 2.75) is 12.8 Å². The van der Waals surface area contributed by atoms with E-state index in [0.29, 0.717) is 22.9 Å². The lowest BCUT2D eigenvalue weighted by Crippen LogP contribution is -2.19. The van der Waals surface area contributed by atoms with Crippen LogP contribution in [0.2, 0.25) is 0 Å². The van der Waals surface area contributed by atoms with Gasteiger partial charge in [-0.25, -0.2) is 9.97 Å². The van der Waals surface area contributed by atoms with Crippen LogP contribution < -0.4 is 5.32 Å². The van der Waals surface area contributed by atoms with E-state index in [9.17, 15) is 4.79 Å². The average Bonchev–Trinajstić information content (AvgIpc) is 2.68. The normalized spacial score (nSPS) is 11.4. The lowest BCUT2D eigenvalue weighted by Gasteiger charge is -2.12. The molecule has 3 aromatic rings. The smallest absolute Gasteiger partial charge is 0.232 e. The van der Waals surface area contributed by atoms with E-state index in [1.807, 2.05) is 12.1 Å². The Morgan fingerprint density at radius 3 is 2.56 bits per heavy atom. The molecule has 1 atom stereocenters. The molecule has 6 heteroatoms. The standard InChI is InChI=1S/C19H15N5O/c1-13(15-7-5-14(12-20)6-8-15)19(25)24-17-9-11-22-18(23-17)16-4-2-3-10-21-16/h2-11,13H,1H3,(H,22,23,24,25)/t13-/m1/s1. The van der Waals surface area contributed by atoms with E-state index >= 15 is 0 Å². The van der Waals surface area contributed by atoms with Crippen molar-refractivity contribution in [1.82, 2.24) is 15.0 Å². The highest BCUT2D eigenvalue weighted by Gasteiger charge is 2.16. The summed E-state index contributed by atoms with van der Waals surface area (Å²) in [6, 6.07) is 16.1. The molecule has 0 radical (unpaired) electrons. The van der Waals surface area contributed by atoms with Gasteiger partial charge >= 0.3 is 0 Å².